The van der Waals surface area contributed by atoms with Crippen molar-refractivity contribution in [3.63, 3.8) is 0 Å². The highest BCUT2D eigenvalue weighted by atomic mass is 19.1. The number of nitrogens with zero attached hydrogens (tertiary/aromatic N) is 3. The van der Waals surface area contributed by atoms with Gasteiger partial charge < -0.3 is 15.1 Å². The van der Waals surface area contributed by atoms with E-state index in [1.807, 2.05) is 41.8 Å². The predicted octanol–water partition coefficient (Wildman–Crippen LogP) is 3.22. The van der Waals surface area contributed by atoms with Crippen molar-refractivity contribution in [3.8, 4) is 0 Å². The third-order valence-corrected chi connectivity index (χ3v) is 7.09. The predicted molar refractivity (Wildman–Crippen MR) is 133 cm³/mol. The van der Waals surface area contributed by atoms with Crippen LogP contribution in [0.2, 0.25) is 0 Å². The molecule has 0 radical (unpaired) electrons. The number of likely N-dealkylation sites (tertiary alicyclic amines) is 1. The van der Waals surface area contributed by atoms with Crippen LogP contribution in [0.4, 0.5) is 14.5 Å². The zero-order valence-electron chi connectivity index (χ0n) is 20.7. The van der Waals surface area contributed by atoms with Crippen molar-refractivity contribution in [1.29, 1.82) is 0 Å². The molecule has 0 spiro atoms. The van der Waals surface area contributed by atoms with Crippen molar-refractivity contribution >= 4 is 23.4 Å². The maximum Gasteiger partial charge on any atom is 0.256 e. The highest BCUT2D eigenvalue weighted by Crippen LogP contribution is 2.23. The van der Waals surface area contributed by atoms with Crippen LogP contribution < -0.4 is 5.32 Å². The third kappa shape index (κ3) is 5.90. The Morgan fingerprint density at radius 2 is 1.53 bits per heavy atom. The summed E-state index contributed by atoms with van der Waals surface area (Å²) in [5, 5.41) is 3.01. The molecule has 2 aromatic rings. The SMILES string of the molecule is Cc1cccc(C)c1NC(=O)CN1CCN(C(=O)C2CCN(C(=O)c3ccc(F)cc3F)CC2)CC1. The van der Waals surface area contributed by atoms with E-state index in [4.69, 9.17) is 0 Å². The summed E-state index contributed by atoms with van der Waals surface area (Å²) in [5.41, 5.74) is 2.74. The summed E-state index contributed by atoms with van der Waals surface area (Å²) < 4.78 is 27.1. The van der Waals surface area contributed by atoms with Gasteiger partial charge in [0.2, 0.25) is 11.8 Å². The van der Waals surface area contributed by atoms with E-state index in [1.54, 1.807) is 0 Å². The van der Waals surface area contributed by atoms with Gasteiger partial charge in [-0.15, -0.1) is 0 Å². The molecule has 0 aliphatic carbocycles. The normalized spacial score (nSPS) is 17.2. The zero-order valence-corrected chi connectivity index (χ0v) is 20.7. The molecule has 0 atom stereocenters. The number of hydrogen-bond donors (Lipinski definition) is 1. The molecule has 192 valence electrons. The van der Waals surface area contributed by atoms with Crippen LogP contribution in [0.5, 0.6) is 0 Å². The van der Waals surface area contributed by atoms with Crippen LogP contribution in [-0.2, 0) is 9.59 Å². The van der Waals surface area contributed by atoms with Gasteiger partial charge >= 0.3 is 0 Å². The lowest BCUT2D eigenvalue weighted by atomic mass is 9.94. The molecular weight excluding hydrogens is 466 g/mol. The molecule has 2 fully saturated rings. The van der Waals surface area contributed by atoms with E-state index in [2.05, 4.69) is 5.32 Å². The first-order valence-electron chi connectivity index (χ1n) is 12.3. The molecule has 7 nitrogen and oxygen atoms in total. The van der Waals surface area contributed by atoms with E-state index < -0.39 is 17.5 Å². The maximum absolute atomic E-state index is 14.0. The van der Waals surface area contributed by atoms with Gasteiger partial charge in [-0.1, -0.05) is 18.2 Å². The van der Waals surface area contributed by atoms with Crippen molar-refractivity contribution in [1.82, 2.24) is 14.7 Å². The number of halogens is 2. The second-order valence-corrected chi connectivity index (χ2v) is 9.61. The second kappa shape index (κ2) is 11.2. The molecule has 4 rings (SSSR count). The molecule has 2 saturated heterocycles. The summed E-state index contributed by atoms with van der Waals surface area (Å²) in [6.07, 6.45) is 1.01. The highest BCUT2D eigenvalue weighted by Gasteiger charge is 2.32. The number of nitrogens with one attached hydrogen (secondary N) is 1. The number of carbonyl (C=O) groups is 3. The topological polar surface area (TPSA) is 73.0 Å². The molecule has 0 unspecified atom stereocenters. The van der Waals surface area contributed by atoms with Crippen molar-refractivity contribution in [2.24, 2.45) is 5.92 Å². The first-order chi connectivity index (χ1) is 17.2. The van der Waals surface area contributed by atoms with Crippen molar-refractivity contribution < 1.29 is 23.2 Å². The van der Waals surface area contributed by atoms with Gasteiger partial charge in [-0.3, -0.25) is 19.3 Å². The fourth-order valence-corrected chi connectivity index (χ4v) is 4.94. The van der Waals surface area contributed by atoms with Gasteiger partial charge in [0.1, 0.15) is 11.6 Å². The number of rotatable bonds is 5. The van der Waals surface area contributed by atoms with E-state index >= 15 is 0 Å². The molecular formula is C27H32F2N4O3. The molecule has 2 aliphatic heterocycles. The van der Waals surface area contributed by atoms with Crippen LogP contribution in [0.25, 0.3) is 0 Å². The van der Waals surface area contributed by atoms with Gasteiger partial charge in [0.25, 0.3) is 5.91 Å². The Balaban J connectivity index is 1.22. The highest BCUT2D eigenvalue weighted by molar-refractivity contribution is 5.95. The van der Waals surface area contributed by atoms with Crippen LogP contribution in [0.15, 0.2) is 36.4 Å². The minimum absolute atomic E-state index is 0.0645. The fourth-order valence-electron chi connectivity index (χ4n) is 4.94. The van der Waals surface area contributed by atoms with E-state index in [-0.39, 0.29) is 29.8 Å². The summed E-state index contributed by atoms with van der Waals surface area (Å²) in [6, 6.07) is 8.83. The van der Waals surface area contributed by atoms with Crippen molar-refractivity contribution in [2.75, 3.05) is 51.1 Å². The van der Waals surface area contributed by atoms with Crippen LogP contribution in [0.3, 0.4) is 0 Å². The van der Waals surface area contributed by atoms with Crippen LogP contribution in [-0.4, -0.2) is 78.2 Å². The molecule has 0 saturated carbocycles. The number of para-hydroxylation sites is 1. The monoisotopic (exact) mass is 498 g/mol. The van der Waals surface area contributed by atoms with E-state index in [0.717, 1.165) is 28.9 Å². The van der Waals surface area contributed by atoms with E-state index in [9.17, 15) is 23.2 Å². The molecule has 9 heteroatoms. The average Bonchev–Trinajstić information content (AvgIpc) is 2.86. The van der Waals surface area contributed by atoms with Crippen LogP contribution in [0, 0.1) is 31.4 Å². The summed E-state index contributed by atoms with van der Waals surface area (Å²) in [7, 11) is 0. The number of aryl methyl sites for hydroxylation is 2. The lowest BCUT2D eigenvalue weighted by Gasteiger charge is -2.38. The second-order valence-electron chi connectivity index (χ2n) is 9.61. The van der Waals surface area contributed by atoms with Gasteiger partial charge in [-0.25, -0.2) is 8.78 Å². The quantitative estimate of drug-likeness (QED) is 0.687. The van der Waals surface area contributed by atoms with Crippen LogP contribution >= 0.6 is 0 Å². The Bertz CT molecular complexity index is 1120. The van der Waals surface area contributed by atoms with Crippen molar-refractivity contribution in [2.45, 2.75) is 26.7 Å². The molecule has 2 aliphatic rings. The third-order valence-electron chi connectivity index (χ3n) is 7.09. The Labute approximate surface area is 210 Å². The maximum atomic E-state index is 14.0. The minimum atomic E-state index is -0.876. The first kappa shape index (κ1) is 25.8. The number of hydrogen-bond acceptors (Lipinski definition) is 4. The minimum Gasteiger partial charge on any atom is -0.340 e. The lowest BCUT2D eigenvalue weighted by molar-refractivity contribution is -0.138. The Hall–Kier alpha value is -3.33. The number of piperidine rings is 1. The zero-order chi connectivity index (χ0) is 25.8. The first-order valence-corrected chi connectivity index (χ1v) is 12.3. The number of benzene rings is 2. The van der Waals surface area contributed by atoms with Crippen LogP contribution in [0.1, 0.15) is 34.3 Å². The Morgan fingerprint density at radius 1 is 0.889 bits per heavy atom. The summed E-state index contributed by atoms with van der Waals surface area (Å²) in [5.74, 6) is -2.28. The number of amides is 3. The molecule has 2 heterocycles. The van der Waals surface area contributed by atoms with Gasteiger partial charge in [0, 0.05) is 56.9 Å². The standard InChI is InChI=1S/C27H32F2N4O3/c1-18-4-3-5-19(2)25(18)30-24(34)17-31-12-14-33(15-13-31)26(35)20-8-10-32(11-9-20)27(36)22-7-6-21(28)16-23(22)29/h3-7,16,20H,8-15,17H2,1-2H3,(H,30,34). The Kier molecular flexibility index (Phi) is 7.98. The van der Waals surface area contributed by atoms with Gasteiger partial charge in [0.05, 0.1) is 12.1 Å². The number of carbonyl (C=O) groups excluding carboxylic acids is 3. The average molecular weight is 499 g/mol. The fraction of sp³-hybridized carbons (Fsp3) is 0.444. The molecule has 36 heavy (non-hydrogen) atoms. The number of anilines is 1. The molecule has 1 N–H and O–H groups in total. The molecule has 0 bridgehead atoms. The van der Waals surface area contributed by atoms with Gasteiger partial charge in [-0.2, -0.15) is 0 Å². The largest absolute Gasteiger partial charge is 0.340 e. The number of piperazine rings is 1. The van der Waals surface area contributed by atoms with E-state index in [0.29, 0.717) is 58.2 Å². The summed E-state index contributed by atoms with van der Waals surface area (Å²) in [4.78, 5) is 43.6. The Morgan fingerprint density at radius 3 is 2.14 bits per heavy atom. The smallest absolute Gasteiger partial charge is 0.256 e. The van der Waals surface area contributed by atoms with Gasteiger partial charge in [0.15, 0.2) is 0 Å². The summed E-state index contributed by atoms with van der Waals surface area (Å²) in [6.45, 7) is 7.25. The molecule has 2 aromatic carbocycles. The summed E-state index contributed by atoms with van der Waals surface area (Å²) >= 11 is 0. The van der Waals surface area contributed by atoms with Gasteiger partial charge in [-0.05, 0) is 49.9 Å². The molecule has 3 amide bonds. The van der Waals surface area contributed by atoms with E-state index in [1.165, 1.54) is 4.90 Å². The lowest BCUT2D eigenvalue weighted by Crippen LogP contribution is -2.53. The van der Waals surface area contributed by atoms with Crippen molar-refractivity contribution in [3.05, 3.63) is 64.7 Å². The molecule has 0 aromatic heterocycles.